The summed E-state index contributed by atoms with van der Waals surface area (Å²) in [5.41, 5.74) is 0.301. The Bertz CT molecular complexity index is 1040. The number of amides is 2. The Morgan fingerprint density at radius 2 is 1.85 bits per heavy atom. The molecule has 3 aliphatic rings. The third kappa shape index (κ3) is 4.41. The van der Waals surface area contributed by atoms with E-state index in [1.54, 1.807) is 12.0 Å². The molecular formula is C27H36N4O3. The van der Waals surface area contributed by atoms with Crippen molar-refractivity contribution in [3.63, 3.8) is 0 Å². The number of ether oxygens (including phenoxy) is 1. The number of carbonyl (C=O) groups excluding carboxylic acids is 2. The first-order chi connectivity index (χ1) is 16.1. The predicted molar refractivity (Wildman–Crippen MR) is 135 cm³/mol. The summed E-state index contributed by atoms with van der Waals surface area (Å²) < 4.78 is 5.61. The normalized spacial score (nSPS) is 26.2. The quantitative estimate of drug-likeness (QED) is 0.684. The summed E-state index contributed by atoms with van der Waals surface area (Å²) in [6.07, 6.45) is 7.80. The summed E-state index contributed by atoms with van der Waals surface area (Å²) in [7, 11) is 1.62. The highest BCUT2D eigenvalue weighted by Crippen LogP contribution is 2.35. The van der Waals surface area contributed by atoms with Crippen molar-refractivity contribution >= 4 is 23.3 Å². The Hall–Kier alpha value is -2.93. The molecule has 0 N–H and O–H groups in total. The molecule has 4 unspecified atom stereocenters. The number of aliphatic imine (C=N–C) groups is 1. The number of hydrogen-bond acceptors (Lipinski definition) is 5. The lowest BCUT2D eigenvalue weighted by atomic mass is 9.91. The highest BCUT2D eigenvalue weighted by atomic mass is 16.5. The molecule has 7 nitrogen and oxygen atoms in total. The van der Waals surface area contributed by atoms with Crippen molar-refractivity contribution in [3.8, 4) is 5.75 Å². The Balaban J connectivity index is 1.66. The third-order valence-electron chi connectivity index (χ3n) is 6.93. The zero-order valence-corrected chi connectivity index (χ0v) is 21.1. The second kappa shape index (κ2) is 9.37. The molecule has 2 aliphatic heterocycles. The van der Waals surface area contributed by atoms with Gasteiger partial charge in [0.2, 0.25) is 11.8 Å². The van der Waals surface area contributed by atoms with Gasteiger partial charge in [-0.05, 0) is 26.0 Å². The topological polar surface area (TPSA) is 65.5 Å². The van der Waals surface area contributed by atoms with Crippen LogP contribution in [0, 0.1) is 11.3 Å². The van der Waals surface area contributed by atoms with E-state index in [1.165, 1.54) is 0 Å². The maximum Gasteiger partial charge on any atom is 0.242 e. The Morgan fingerprint density at radius 1 is 1.15 bits per heavy atom. The van der Waals surface area contributed by atoms with Crippen LogP contribution in [0.15, 0.2) is 53.6 Å². The molecule has 1 saturated heterocycles. The Kier molecular flexibility index (Phi) is 6.67. The molecule has 4 atom stereocenters. The lowest BCUT2D eigenvalue weighted by Crippen LogP contribution is -2.62. The molecule has 0 aromatic heterocycles. The summed E-state index contributed by atoms with van der Waals surface area (Å²) in [5.74, 6) is 1.21. The molecule has 34 heavy (non-hydrogen) atoms. The van der Waals surface area contributed by atoms with Crippen molar-refractivity contribution < 1.29 is 14.3 Å². The van der Waals surface area contributed by atoms with Crippen LogP contribution in [-0.4, -0.2) is 72.3 Å². The lowest BCUT2D eigenvalue weighted by molar-refractivity contribution is -0.144. The van der Waals surface area contributed by atoms with Gasteiger partial charge < -0.3 is 9.64 Å². The van der Waals surface area contributed by atoms with Crippen molar-refractivity contribution in [1.82, 2.24) is 9.80 Å². The number of fused-ring (bicyclic) bond motifs is 1. The van der Waals surface area contributed by atoms with Gasteiger partial charge in [0.05, 0.1) is 30.8 Å². The molecule has 1 fully saturated rings. The summed E-state index contributed by atoms with van der Waals surface area (Å²) in [4.78, 5) is 37.8. The number of hydrogen-bond donors (Lipinski definition) is 0. The van der Waals surface area contributed by atoms with E-state index in [1.807, 2.05) is 74.2 Å². The number of para-hydroxylation sites is 2. The number of rotatable bonds is 4. The van der Waals surface area contributed by atoms with Crippen LogP contribution in [-0.2, 0) is 9.59 Å². The van der Waals surface area contributed by atoms with E-state index in [-0.39, 0.29) is 35.9 Å². The minimum absolute atomic E-state index is 0.00143. The van der Waals surface area contributed by atoms with Gasteiger partial charge in [0.1, 0.15) is 11.6 Å². The van der Waals surface area contributed by atoms with Crippen molar-refractivity contribution in [2.75, 3.05) is 31.6 Å². The fourth-order valence-corrected chi connectivity index (χ4v) is 5.00. The Labute approximate surface area is 202 Å². The summed E-state index contributed by atoms with van der Waals surface area (Å²) in [6.45, 7) is 12.2. The number of anilines is 1. The van der Waals surface area contributed by atoms with Crippen LogP contribution >= 0.6 is 0 Å². The molecule has 2 amide bonds. The van der Waals surface area contributed by atoms with E-state index in [0.29, 0.717) is 18.0 Å². The number of amidine groups is 1. The smallest absolute Gasteiger partial charge is 0.242 e. The van der Waals surface area contributed by atoms with Crippen molar-refractivity contribution in [1.29, 1.82) is 0 Å². The summed E-state index contributed by atoms with van der Waals surface area (Å²) >= 11 is 0. The second-order valence-corrected chi connectivity index (χ2v) is 10.4. The number of methoxy groups -OCH3 is 1. The van der Waals surface area contributed by atoms with Crippen LogP contribution in [0.3, 0.4) is 0 Å². The summed E-state index contributed by atoms with van der Waals surface area (Å²) in [6, 6.07) is 7.35. The van der Waals surface area contributed by atoms with E-state index in [9.17, 15) is 9.59 Å². The SMILES string of the molecule is COc1ccccc1N1C(=O)C2C=CC=CC2N=C1C(C)N1CCN(C(=O)C(C)(C)C)C(C)C1. The molecule has 182 valence electrons. The summed E-state index contributed by atoms with van der Waals surface area (Å²) in [5, 5.41) is 0. The molecule has 4 rings (SSSR count). The fourth-order valence-electron chi connectivity index (χ4n) is 5.00. The van der Waals surface area contributed by atoms with E-state index < -0.39 is 5.41 Å². The van der Waals surface area contributed by atoms with Crippen LogP contribution in [0.1, 0.15) is 34.6 Å². The molecule has 2 heterocycles. The second-order valence-electron chi connectivity index (χ2n) is 10.4. The van der Waals surface area contributed by atoms with Crippen LogP contribution in [0.5, 0.6) is 5.75 Å². The molecule has 0 spiro atoms. The van der Waals surface area contributed by atoms with Crippen LogP contribution < -0.4 is 9.64 Å². The first-order valence-electron chi connectivity index (χ1n) is 12.1. The largest absolute Gasteiger partial charge is 0.495 e. The fraction of sp³-hybridized carbons (Fsp3) is 0.519. The van der Waals surface area contributed by atoms with Gasteiger partial charge in [-0.3, -0.25) is 24.4 Å². The molecule has 0 bridgehead atoms. The zero-order chi connectivity index (χ0) is 24.6. The first-order valence-corrected chi connectivity index (χ1v) is 12.1. The maximum absolute atomic E-state index is 13.8. The van der Waals surface area contributed by atoms with Gasteiger partial charge in [-0.15, -0.1) is 0 Å². The minimum atomic E-state index is -0.404. The number of carbonyl (C=O) groups is 2. The molecule has 7 heteroatoms. The number of nitrogens with zero attached hydrogens (tertiary/aromatic N) is 4. The monoisotopic (exact) mass is 464 g/mol. The highest BCUT2D eigenvalue weighted by Gasteiger charge is 2.43. The lowest BCUT2D eigenvalue weighted by Gasteiger charge is -2.46. The molecule has 0 radical (unpaired) electrons. The van der Waals surface area contributed by atoms with E-state index >= 15 is 0 Å². The maximum atomic E-state index is 13.8. The van der Waals surface area contributed by atoms with E-state index in [2.05, 4.69) is 18.7 Å². The van der Waals surface area contributed by atoms with Gasteiger partial charge >= 0.3 is 0 Å². The Morgan fingerprint density at radius 3 is 2.53 bits per heavy atom. The number of piperazine rings is 1. The van der Waals surface area contributed by atoms with E-state index in [0.717, 1.165) is 18.9 Å². The zero-order valence-electron chi connectivity index (χ0n) is 21.1. The third-order valence-corrected chi connectivity index (χ3v) is 6.93. The van der Waals surface area contributed by atoms with Gasteiger partial charge in [0, 0.05) is 31.1 Å². The van der Waals surface area contributed by atoms with Crippen LogP contribution in [0.2, 0.25) is 0 Å². The average molecular weight is 465 g/mol. The molecule has 0 saturated carbocycles. The molecular weight excluding hydrogens is 428 g/mol. The number of allylic oxidation sites excluding steroid dienone is 2. The van der Waals surface area contributed by atoms with Crippen molar-refractivity contribution in [2.45, 2.75) is 52.7 Å². The van der Waals surface area contributed by atoms with Crippen molar-refractivity contribution in [2.24, 2.45) is 16.3 Å². The minimum Gasteiger partial charge on any atom is -0.495 e. The van der Waals surface area contributed by atoms with E-state index in [4.69, 9.17) is 9.73 Å². The van der Waals surface area contributed by atoms with Gasteiger partial charge in [0.15, 0.2) is 0 Å². The van der Waals surface area contributed by atoms with Gasteiger partial charge in [-0.1, -0.05) is 57.2 Å². The van der Waals surface area contributed by atoms with Crippen LogP contribution in [0.4, 0.5) is 5.69 Å². The average Bonchev–Trinajstić information content (AvgIpc) is 2.82. The van der Waals surface area contributed by atoms with Crippen LogP contribution in [0.25, 0.3) is 0 Å². The molecule has 1 aliphatic carbocycles. The first kappa shape index (κ1) is 24.2. The highest BCUT2D eigenvalue weighted by molar-refractivity contribution is 6.22. The van der Waals surface area contributed by atoms with Crippen molar-refractivity contribution in [3.05, 3.63) is 48.6 Å². The number of benzene rings is 1. The van der Waals surface area contributed by atoms with Gasteiger partial charge in [-0.2, -0.15) is 0 Å². The predicted octanol–water partition coefficient (Wildman–Crippen LogP) is 3.52. The standard InChI is InChI=1S/C27H36N4O3/c1-18-17-29(15-16-30(18)26(33)27(3,4)5)19(2)24-28-21-12-8-7-11-20(21)25(32)31(24)22-13-9-10-14-23(22)34-6/h7-14,18-21H,15-17H2,1-6H3. The van der Waals surface area contributed by atoms with Gasteiger partial charge in [0.25, 0.3) is 0 Å². The molecule has 1 aromatic carbocycles. The molecule has 1 aromatic rings. The van der Waals surface area contributed by atoms with Gasteiger partial charge in [-0.25, -0.2) is 0 Å².